The number of nitrogens with one attached hydrogen (secondary N) is 1. The van der Waals surface area contributed by atoms with Gasteiger partial charge in [-0.1, -0.05) is 48.5 Å². The summed E-state index contributed by atoms with van der Waals surface area (Å²) in [4.78, 5) is 20.7. The van der Waals surface area contributed by atoms with E-state index in [4.69, 9.17) is 14.2 Å². The number of hydrogen-bond acceptors (Lipinski definition) is 6. The molecular formula is C26H30N4O3S. The second-order valence-corrected chi connectivity index (χ2v) is 9.01. The number of hydrogen-bond donors (Lipinski definition) is 1. The molecule has 2 heterocycles. The van der Waals surface area contributed by atoms with E-state index in [1.54, 1.807) is 23.8 Å². The van der Waals surface area contributed by atoms with Gasteiger partial charge in [0.15, 0.2) is 0 Å². The van der Waals surface area contributed by atoms with E-state index in [2.05, 4.69) is 41.7 Å². The molecule has 0 radical (unpaired) electrons. The minimum Gasteiger partial charge on any atom is -0.385 e. The van der Waals surface area contributed by atoms with E-state index in [0.29, 0.717) is 24.9 Å². The monoisotopic (exact) mass is 478 g/mol. The van der Waals surface area contributed by atoms with Gasteiger partial charge >= 0.3 is 6.03 Å². The van der Waals surface area contributed by atoms with Crippen LogP contribution in [0.4, 0.5) is 4.79 Å². The van der Waals surface area contributed by atoms with Crippen LogP contribution in [-0.4, -0.2) is 47.6 Å². The maximum atomic E-state index is 13.0. The zero-order chi connectivity index (χ0) is 24.1. The summed E-state index contributed by atoms with van der Waals surface area (Å²) in [7, 11) is 1.66. The first-order valence-electron chi connectivity index (χ1n) is 11.4. The summed E-state index contributed by atoms with van der Waals surface area (Å²) in [6, 6.07) is 15.8. The SMILES string of the molecule is CCc1ccc(-c2noc(C3=C(C)N(CCCOC)C(=O)NC3c3ccc(SC)cc3)n2)cc1. The minimum atomic E-state index is -0.391. The maximum Gasteiger partial charge on any atom is 0.322 e. The molecule has 0 aliphatic carbocycles. The van der Waals surface area contributed by atoms with E-state index >= 15 is 0 Å². The van der Waals surface area contributed by atoms with Gasteiger partial charge in [0.1, 0.15) is 0 Å². The molecule has 8 heteroatoms. The molecule has 34 heavy (non-hydrogen) atoms. The van der Waals surface area contributed by atoms with Gasteiger partial charge in [-0.3, -0.25) is 4.90 Å². The maximum absolute atomic E-state index is 13.0. The van der Waals surface area contributed by atoms with Gasteiger partial charge in [-0.2, -0.15) is 4.98 Å². The number of carbonyl (C=O) groups is 1. The highest BCUT2D eigenvalue weighted by Crippen LogP contribution is 2.37. The molecule has 1 atom stereocenters. The zero-order valence-electron chi connectivity index (χ0n) is 20.0. The molecule has 3 aromatic rings. The van der Waals surface area contributed by atoms with Crippen molar-refractivity contribution in [3.8, 4) is 11.4 Å². The van der Waals surface area contributed by atoms with Crippen molar-refractivity contribution in [3.63, 3.8) is 0 Å². The number of aromatic nitrogens is 2. The average Bonchev–Trinajstić information content (AvgIpc) is 3.35. The smallest absolute Gasteiger partial charge is 0.322 e. The number of amides is 2. The number of nitrogens with zero attached hydrogens (tertiary/aromatic N) is 3. The van der Waals surface area contributed by atoms with Crippen molar-refractivity contribution < 1.29 is 14.1 Å². The Labute approximate surface area is 204 Å². The largest absolute Gasteiger partial charge is 0.385 e. The molecule has 0 spiro atoms. The van der Waals surface area contributed by atoms with Gasteiger partial charge in [0.2, 0.25) is 5.82 Å². The third-order valence-electron chi connectivity index (χ3n) is 6.05. The van der Waals surface area contributed by atoms with Crippen molar-refractivity contribution >= 4 is 23.4 Å². The summed E-state index contributed by atoms with van der Waals surface area (Å²) >= 11 is 1.68. The Morgan fingerprint density at radius 2 is 1.88 bits per heavy atom. The van der Waals surface area contributed by atoms with Crippen LogP contribution in [0.5, 0.6) is 0 Å². The van der Waals surface area contributed by atoms with Gasteiger partial charge < -0.3 is 14.6 Å². The number of methoxy groups -OCH3 is 1. The van der Waals surface area contributed by atoms with Crippen LogP contribution in [-0.2, 0) is 11.2 Å². The number of carbonyl (C=O) groups excluding carboxylic acids is 1. The van der Waals surface area contributed by atoms with Crippen molar-refractivity contribution in [2.24, 2.45) is 0 Å². The summed E-state index contributed by atoms with van der Waals surface area (Å²) < 4.78 is 10.9. The highest BCUT2D eigenvalue weighted by atomic mass is 32.2. The van der Waals surface area contributed by atoms with Crippen molar-refractivity contribution in [2.45, 2.75) is 37.6 Å². The minimum absolute atomic E-state index is 0.147. The highest BCUT2D eigenvalue weighted by Gasteiger charge is 2.35. The molecule has 1 N–H and O–H groups in total. The molecule has 2 aromatic carbocycles. The normalized spacial score (nSPS) is 16.2. The average molecular weight is 479 g/mol. The first kappa shape index (κ1) is 24.0. The third-order valence-corrected chi connectivity index (χ3v) is 6.80. The van der Waals surface area contributed by atoms with Crippen LogP contribution >= 0.6 is 11.8 Å². The molecule has 1 aliphatic rings. The Morgan fingerprint density at radius 3 is 2.53 bits per heavy atom. The topological polar surface area (TPSA) is 80.5 Å². The van der Waals surface area contributed by atoms with Crippen LogP contribution in [0.15, 0.2) is 63.6 Å². The summed E-state index contributed by atoms with van der Waals surface area (Å²) in [5.41, 5.74) is 4.71. The predicted molar refractivity (Wildman–Crippen MR) is 134 cm³/mol. The number of rotatable bonds is 9. The Hall–Kier alpha value is -3.10. The van der Waals surface area contributed by atoms with Gasteiger partial charge in [0.25, 0.3) is 5.89 Å². The Kier molecular flexibility index (Phi) is 7.70. The standard InChI is InChI=1S/C26H30N4O3S/c1-5-18-7-9-20(10-8-18)24-28-25(33-29-24)22-17(2)30(15-6-16-32-3)26(31)27-23(22)19-11-13-21(34-4)14-12-19/h7-14,23H,5-6,15-16H2,1-4H3,(H,27,31). The van der Waals surface area contributed by atoms with E-state index in [1.807, 2.05) is 37.4 Å². The fourth-order valence-corrected chi connectivity index (χ4v) is 4.49. The lowest BCUT2D eigenvalue weighted by Gasteiger charge is -2.35. The summed E-state index contributed by atoms with van der Waals surface area (Å²) in [6.45, 7) is 5.17. The van der Waals surface area contributed by atoms with Crippen LogP contribution in [0.3, 0.4) is 0 Å². The van der Waals surface area contributed by atoms with Crippen LogP contribution < -0.4 is 5.32 Å². The van der Waals surface area contributed by atoms with Gasteiger partial charge in [0.05, 0.1) is 11.6 Å². The number of benzene rings is 2. The molecule has 0 fully saturated rings. The summed E-state index contributed by atoms with van der Waals surface area (Å²) in [5.74, 6) is 0.931. The van der Waals surface area contributed by atoms with Crippen LogP contribution in [0.1, 0.15) is 43.3 Å². The molecular weight excluding hydrogens is 448 g/mol. The van der Waals surface area contributed by atoms with Gasteiger partial charge in [-0.05, 0) is 49.3 Å². The lowest BCUT2D eigenvalue weighted by Crippen LogP contribution is -2.46. The highest BCUT2D eigenvalue weighted by molar-refractivity contribution is 7.98. The Balaban J connectivity index is 1.74. The molecule has 1 unspecified atom stereocenters. The molecule has 0 saturated heterocycles. The van der Waals surface area contributed by atoms with Gasteiger partial charge in [-0.25, -0.2) is 4.79 Å². The number of thioether (sulfide) groups is 1. The molecule has 4 rings (SSSR count). The molecule has 7 nitrogen and oxygen atoms in total. The number of allylic oxidation sites excluding steroid dienone is 1. The quantitative estimate of drug-likeness (QED) is 0.321. The number of aryl methyl sites for hydroxylation is 1. The Bertz CT molecular complexity index is 1160. The summed E-state index contributed by atoms with van der Waals surface area (Å²) in [5, 5.41) is 7.40. The van der Waals surface area contributed by atoms with Crippen LogP contribution in [0, 0.1) is 0 Å². The summed E-state index contributed by atoms with van der Waals surface area (Å²) in [6.07, 6.45) is 3.73. The lowest BCUT2D eigenvalue weighted by atomic mass is 9.94. The number of ether oxygens (including phenoxy) is 1. The second kappa shape index (κ2) is 10.9. The van der Waals surface area contributed by atoms with E-state index in [9.17, 15) is 4.79 Å². The molecule has 1 aliphatic heterocycles. The fourth-order valence-electron chi connectivity index (χ4n) is 4.08. The van der Waals surface area contributed by atoms with Crippen LogP contribution in [0.25, 0.3) is 17.0 Å². The first-order chi connectivity index (χ1) is 16.5. The zero-order valence-corrected chi connectivity index (χ0v) is 20.8. The molecule has 0 saturated carbocycles. The van der Waals surface area contributed by atoms with Gasteiger partial charge in [-0.15, -0.1) is 11.8 Å². The second-order valence-electron chi connectivity index (χ2n) is 8.13. The van der Waals surface area contributed by atoms with E-state index < -0.39 is 6.04 Å². The van der Waals surface area contributed by atoms with E-state index in [1.165, 1.54) is 5.56 Å². The third kappa shape index (κ3) is 5.03. The predicted octanol–water partition coefficient (Wildman–Crippen LogP) is 5.55. The Morgan fingerprint density at radius 1 is 1.15 bits per heavy atom. The van der Waals surface area contributed by atoms with Crippen molar-refractivity contribution in [3.05, 3.63) is 71.2 Å². The lowest BCUT2D eigenvalue weighted by molar-refractivity contribution is 0.174. The molecule has 178 valence electrons. The molecule has 2 amide bonds. The first-order valence-corrected chi connectivity index (χ1v) is 12.6. The van der Waals surface area contributed by atoms with Crippen LogP contribution in [0.2, 0.25) is 0 Å². The van der Waals surface area contributed by atoms with E-state index in [-0.39, 0.29) is 6.03 Å². The van der Waals surface area contributed by atoms with E-state index in [0.717, 1.165) is 40.1 Å². The molecule has 0 bridgehead atoms. The molecule has 1 aromatic heterocycles. The van der Waals surface area contributed by atoms with Crippen molar-refractivity contribution in [1.29, 1.82) is 0 Å². The fraction of sp³-hybridized carbons (Fsp3) is 0.346. The van der Waals surface area contributed by atoms with Gasteiger partial charge in [0, 0.05) is 36.4 Å². The number of urea groups is 1. The van der Waals surface area contributed by atoms with Crippen molar-refractivity contribution in [2.75, 3.05) is 26.5 Å². The van der Waals surface area contributed by atoms with Crippen molar-refractivity contribution in [1.82, 2.24) is 20.4 Å².